The first kappa shape index (κ1) is 17.1. The second-order valence-electron chi connectivity index (χ2n) is 5.00. The van der Waals surface area contributed by atoms with Gasteiger partial charge in [-0.3, -0.25) is 14.2 Å². The van der Waals surface area contributed by atoms with Crippen LogP contribution in [0.25, 0.3) is 10.9 Å². The summed E-state index contributed by atoms with van der Waals surface area (Å²) in [5.74, 6) is -0.197. The molecule has 23 heavy (non-hydrogen) atoms. The number of methoxy groups -OCH3 is 1. The summed E-state index contributed by atoms with van der Waals surface area (Å²) in [5, 5.41) is 3.29. The lowest BCUT2D eigenvalue weighted by Crippen LogP contribution is -2.26. The number of hydrogen-bond acceptors (Lipinski definition) is 4. The van der Waals surface area contributed by atoms with Gasteiger partial charge in [-0.25, -0.2) is 0 Å². The van der Waals surface area contributed by atoms with Crippen molar-refractivity contribution in [1.82, 2.24) is 14.9 Å². The molecule has 0 saturated carbocycles. The number of ether oxygens (including phenoxy) is 1. The number of carbonyl (C=O) groups is 1. The average Bonchev–Trinajstić information content (AvgIpc) is 2.54. The molecule has 2 aromatic rings. The number of carbonyl (C=O) groups excluding carboxylic acids is 1. The highest BCUT2D eigenvalue weighted by molar-refractivity contribution is 7.71. The molecule has 0 aliphatic heterocycles. The van der Waals surface area contributed by atoms with E-state index in [-0.39, 0.29) is 11.5 Å². The van der Waals surface area contributed by atoms with Gasteiger partial charge in [0.1, 0.15) is 0 Å². The fraction of sp³-hybridized carbons (Fsp3) is 0.312. The van der Waals surface area contributed by atoms with Gasteiger partial charge in [-0.2, -0.15) is 0 Å². The second kappa shape index (κ2) is 7.85. The van der Waals surface area contributed by atoms with Crippen molar-refractivity contribution in [3.8, 4) is 0 Å². The Morgan fingerprint density at radius 3 is 3.00 bits per heavy atom. The lowest BCUT2D eigenvalue weighted by molar-refractivity contribution is 0.0948. The monoisotopic (exact) mass is 333 g/mol. The van der Waals surface area contributed by atoms with E-state index in [9.17, 15) is 9.59 Å². The largest absolute Gasteiger partial charge is 0.385 e. The van der Waals surface area contributed by atoms with Gasteiger partial charge in [-0.15, -0.1) is 6.58 Å². The average molecular weight is 333 g/mol. The van der Waals surface area contributed by atoms with Crippen LogP contribution < -0.4 is 10.9 Å². The Kier molecular flexibility index (Phi) is 5.84. The van der Waals surface area contributed by atoms with Crippen molar-refractivity contribution in [2.75, 3.05) is 20.3 Å². The van der Waals surface area contributed by atoms with Crippen LogP contribution in [0, 0.1) is 4.77 Å². The molecule has 0 fully saturated rings. The van der Waals surface area contributed by atoms with Crippen molar-refractivity contribution in [3.63, 3.8) is 0 Å². The number of aromatic nitrogens is 2. The van der Waals surface area contributed by atoms with E-state index in [0.717, 1.165) is 6.42 Å². The van der Waals surface area contributed by atoms with Crippen LogP contribution in [0.4, 0.5) is 0 Å². The van der Waals surface area contributed by atoms with Crippen molar-refractivity contribution in [2.45, 2.75) is 13.0 Å². The van der Waals surface area contributed by atoms with Gasteiger partial charge >= 0.3 is 0 Å². The van der Waals surface area contributed by atoms with Crippen LogP contribution in [0.15, 0.2) is 35.6 Å². The van der Waals surface area contributed by atoms with Crippen LogP contribution in [0.1, 0.15) is 16.8 Å². The summed E-state index contributed by atoms with van der Waals surface area (Å²) in [6.45, 7) is 5.08. The summed E-state index contributed by atoms with van der Waals surface area (Å²) < 4.78 is 6.66. The zero-order chi connectivity index (χ0) is 16.8. The van der Waals surface area contributed by atoms with E-state index in [0.29, 0.717) is 40.9 Å². The maximum absolute atomic E-state index is 12.4. The van der Waals surface area contributed by atoms with E-state index < -0.39 is 0 Å². The topological polar surface area (TPSA) is 76.1 Å². The Morgan fingerprint density at radius 2 is 2.30 bits per heavy atom. The molecule has 1 amide bonds. The molecule has 0 atom stereocenters. The Bertz CT molecular complexity index is 839. The lowest BCUT2D eigenvalue weighted by atomic mass is 10.1. The minimum Gasteiger partial charge on any atom is -0.385 e. The van der Waals surface area contributed by atoms with Crippen LogP contribution >= 0.6 is 12.2 Å². The van der Waals surface area contributed by atoms with E-state index >= 15 is 0 Å². The highest BCUT2D eigenvalue weighted by Crippen LogP contribution is 2.11. The van der Waals surface area contributed by atoms with Crippen LogP contribution in [-0.4, -0.2) is 35.7 Å². The smallest absolute Gasteiger partial charge is 0.262 e. The molecule has 1 heterocycles. The molecule has 6 nitrogen and oxygen atoms in total. The predicted octanol–water partition coefficient (Wildman–Crippen LogP) is 2.01. The third kappa shape index (κ3) is 3.94. The molecule has 0 unspecified atom stereocenters. The SMILES string of the molecule is C=CCn1c(=S)[nH]c2cc(C(=O)NCCCOC)ccc2c1=O. The first-order chi connectivity index (χ1) is 11.1. The predicted molar refractivity (Wildman–Crippen MR) is 92.4 cm³/mol. The van der Waals surface area contributed by atoms with E-state index in [1.807, 2.05) is 0 Å². The number of nitrogens with one attached hydrogen (secondary N) is 2. The summed E-state index contributed by atoms with van der Waals surface area (Å²) >= 11 is 5.19. The highest BCUT2D eigenvalue weighted by Gasteiger charge is 2.09. The number of rotatable bonds is 7. The Morgan fingerprint density at radius 1 is 1.52 bits per heavy atom. The van der Waals surface area contributed by atoms with E-state index in [1.54, 1.807) is 31.4 Å². The van der Waals surface area contributed by atoms with Crippen molar-refractivity contribution >= 4 is 29.0 Å². The molecular weight excluding hydrogens is 314 g/mol. The molecule has 0 radical (unpaired) electrons. The van der Waals surface area contributed by atoms with Crippen molar-refractivity contribution in [1.29, 1.82) is 0 Å². The third-order valence-corrected chi connectivity index (χ3v) is 3.69. The molecule has 2 N–H and O–H groups in total. The third-order valence-electron chi connectivity index (χ3n) is 3.37. The Hall–Kier alpha value is -2.25. The Labute approximate surface area is 138 Å². The Balaban J connectivity index is 2.31. The van der Waals surface area contributed by atoms with Crippen LogP contribution in [0.3, 0.4) is 0 Å². The standard InChI is InChI=1S/C16H19N3O3S/c1-3-8-19-15(21)12-6-5-11(10-13(12)18-16(19)23)14(20)17-7-4-9-22-2/h3,5-6,10H,1,4,7-9H2,2H3,(H,17,20)(H,18,23). The molecule has 0 aliphatic rings. The number of H-pyrrole nitrogens is 1. The van der Waals surface area contributed by atoms with Gasteiger partial charge in [0, 0.05) is 32.4 Å². The molecule has 1 aromatic heterocycles. The first-order valence-corrected chi connectivity index (χ1v) is 7.64. The molecule has 0 saturated heterocycles. The highest BCUT2D eigenvalue weighted by atomic mass is 32.1. The number of aromatic amines is 1. The second-order valence-corrected chi connectivity index (χ2v) is 5.38. The maximum atomic E-state index is 12.4. The number of allylic oxidation sites excluding steroid dienone is 1. The van der Waals surface area contributed by atoms with Crippen LogP contribution in [0.2, 0.25) is 0 Å². The molecule has 7 heteroatoms. The first-order valence-electron chi connectivity index (χ1n) is 7.23. The van der Waals surface area contributed by atoms with E-state index in [4.69, 9.17) is 17.0 Å². The molecule has 0 bridgehead atoms. The van der Waals surface area contributed by atoms with Gasteiger partial charge in [0.05, 0.1) is 10.9 Å². The molecule has 2 rings (SSSR count). The molecular formula is C16H19N3O3S. The van der Waals surface area contributed by atoms with Gasteiger partial charge in [0.15, 0.2) is 4.77 Å². The van der Waals surface area contributed by atoms with Crippen molar-refractivity contribution in [3.05, 3.63) is 51.5 Å². The zero-order valence-electron chi connectivity index (χ0n) is 12.9. The normalized spacial score (nSPS) is 10.7. The maximum Gasteiger partial charge on any atom is 0.262 e. The number of nitrogens with zero attached hydrogens (tertiary/aromatic N) is 1. The lowest BCUT2D eigenvalue weighted by Gasteiger charge is -2.08. The minimum absolute atomic E-state index is 0.197. The number of hydrogen-bond donors (Lipinski definition) is 2. The summed E-state index contributed by atoms with van der Waals surface area (Å²) in [7, 11) is 1.62. The zero-order valence-corrected chi connectivity index (χ0v) is 13.7. The quantitative estimate of drug-likeness (QED) is 0.462. The summed E-state index contributed by atoms with van der Waals surface area (Å²) in [6, 6.07) is 4.90. The fourth-order valence-electron chi connectivity index (χ4n) is 2.21. The van der Waals surface area contributed by atoms with Gasteiger partial charge in [-0.1, -0.05) is 6.08 Å². The van der Waals surface area contributed by atoms with Gasteiger partial charge in [0.2, 0.25) is 0 Å². The summed E-state index contributed by atoms with van der Waals surface area (Å²) in [5.41, 5.74) is 0.821. The fourth-order valence-corrected chi connectivity index (χ4v) is 2.48. The summed E-state index contributed by atoms with van der Waals surface area (Å²) in [4.78, 5) is 27.5. The van der Waals surface area contributed by atoms with Crippen molar-refractivity contribution in [2.24, 2.45) is 0 Å². The molecule has 0 spiro atoms. The van der Waals surface area contributed by atoms with E-state index in [2.05, 4.69) is 16.9 Å². The van der Waals surface area contributed by atoms with Gasteiger partial charge < -0.3 is 15.0 Å². The molecule has 0 aliphatic carbocycles. The number of fused-ring (bicyclic) bond motifs is 1. The van der Waals surface area contributed by atoms with Crippen molar-refractivity contribution < 1.29 is 9.53 Å². The van der Waals surface area contributed by atoms with Crippen LogP contribution in [0.5, 0.6) is 0 Å². The summed E-state index contributed by atoms with van der Waals surface area (Å²) in [6.07, 6.45) is 2.35. The van der Waals surface area contributed by atoms with Gasteiger partial charge in [-0.05, 0) is 36.8 Å². The van der Waals surface area contributed by atoms with Crippen LogP contribution in [-0.2, 0) is 11.3 Å². The molecule has 122 valence electrons. The molecule has 1 aromatic carbocycles. The van der Waals surface area contributed by atoms with E-state index in [1.165, 1.54) is 4.57 Å². The number of benzene rings is 1. The number of amides is 1. The van der Waals surface area contributed by atoms with Gasteiger partial charge in [0.25, 0.3) is 11.5 Å². The minimum atomic E-state index is -0.198.